The fourth-order valence-corrected chi connectivity index (χ4v) is 5.69. The summed E-state index contributed by atoms with van der Waals surface area (Å²) < 4.78 is 0. The number of nitrogens with two attached hydrogens (primary N) is 2. The smallest absolute Gasteiger partial charge is 0.158 e. The molecule has 2 aliphatic rings. The normalized spacial score (nSPS) is 20.5. The van der Waals surface area contributed by atoms with Gasteiger partial charge in [0.1, 0.15) is 15.9 Å². The van der Waals surface area contributed by atoms with Crippen molar-refractivity contribution in [1.82, 2.24) is 19.9 Å². The Balaban J connectivity index is 1.29. The van der Waals surface area contributed by atoms with E-state index in [2.05, 4.69) is 30.9 Å². The molecule has 9 heteroatoms. The third-order valence-corrected chi connectivity index (χ3v) is 7.56. The van der Waals surface area contributed by atoms with Crippen molar-refractivity contribution < 1.29 is 0 Å². The molecule has 7 nitrogen and oxygen atoms in total. The Kier molecular flexibility index (Phi) is 4.45. The fourth-order valence-electron chi connectivity index (χ4n) is 4.29. The number of hydrogen-bond donors (Lipinski definition) is 2. The van der Waals surface area contributed by atoms with Crippen LogP contribution in [0.5, 0.6) is 0 Å². The molecule has 1 aliphatic heterocycles. The van der Waals surface area contributed by atoms with Crippen LogP contribution in [0.25, 0.3) is 0 Å². The zero-order chi connectivity index (χ0) is 19.1. The predicted octanol–water partition coefficient (Wildman–Crippen LogP) is 2.90. The van der Waals surface area contributed by atoms with E-state index in [1.165, 1.54) is 17.3 Å². The van der Waals surface area contributed by atoms with Crippen LogP contribution in [0.4, 0.5) is 11.6 Å². The molecule has 1 atom stereocenters. The molecule has 3 aromatic heterocycles. The van der Waals surface area contributed by atoms with E-state index >= 15 is 0 Å². The minimum Gasteiger partial charge on any atom is -0.381 e. The van der Waals surface area contributed by atoms with Gasteiger partial charge in [-0.25, -0.2) is 15.0 Å². The molecule has 0 unspecified atom stereocenters. The largest absolute Gasteiger partial charge is 0.381 e. The van der Waals surface area contributed by atoms with Gasteiger partial charge < -0.3 is 16.4 Å². The summed E-state index contributed by atoms with van der Waals surface area (Å²) in [5, 5.41) is 3.56. The lowest BCUT2D eigenvalue weighted by Crippen LogP contribution is -2.44. The van der Waals surface area contributed by atoms with Gasteiger partial charge in [-0.1, -0.05) is 6.07 Å². The maximum absolute atomic E-state index is 6.63. The molecule has 0 saturated carbocycles. The minimum atomic E-state index is 0.0615. The number of rotatable bonds is 3. The van der Waals surface area contributed by atoms with E-state index in [-0.39, 0.29) is 11.5 Å². The number of aromatic nitrogens is 4. The number of fused-ring (bicyclic) bond motifs is 1. The average molecular weight is 412 g/mol. The summed E-state index contributed by atoms with van der Waals surface area (Å²) in [6.07, 6.45) is 6.68. The first kappa shape index (κ1) is 17.8. The number of nitrogens with zero attached hydrogens (tertiary/aromatic N) is 5. The van der Waals surface area contributed by atoms with Crippen molar-refractivity contribution in [2.24, 2.45) is 11.1 Å². The molecular weight excluding hydrogens is 390 g/mol. The Morgan fingerprint density at radius 2 is 2.07 bits per heavy atom. The monoisotopic (exact) mass is 411 g/mol. The summed E-state index contributed by atoms with van der Waals surface area (Å²) in [5.74, 6) is 1.28. The van der Waals surface area contributed by atoms with Crippen molar-refractivity contribution in [3.8, 4) is 0 Å². The van der Waals surface area contributed by atoms with E-state index in [9.17, 15) is 0 Å². The lowest BCUT2D eigenvalue weighted by Gasteiger charge is -2.42. The van der Waals surface area contributed by atoms with Gasteiger partial charge >= 0.3 is 0 Å². The van der Waals surface area contributed by atoms with Gasteiger partial charge in [0.15, 0.2) is 5.82 Å². The molecule has 0 radical (unpaired) electrons. The molecule has 3 aromatic rings. The summed E-state index contributed by atoms with van der Waals surface area (Å²) in [4.78, 5) is 20.2. The van der Waals surface area contributed by atoms with Crippen LogP contribution in [-0.4, -0.2) is 33.0 Å². The Morgan fingerprint density at radius 1 is 1.21 bits per heavy atom. The Bertz CT molecular complexity index is 984. The molecule has 28 heavy (non-hydrogen) atoms. The summed E-state index contributed by atoms with van der Waals surface area (Å²) in [6, 6.07) is 4.17. The quantitative estimate of drug-likeness (QED) is 0.677. The Labute approximate surface area is 171 Å². The standard InChI is InChI=1S/C19H21N7S2/c20-16-12-2-1-5-22-13(12)8-19(16)3-6-26(7-4-19)14-9-23-18(17(21)25-14)28-15-10-27-11-24-15/h1-2,5,9-11,16H,3-4,6-8,20H2,(H2,21,25)/t16-/m1/s1. The van der Waals surface area contributed by atoms with Gasteiger partial charge in [-0.15, -0.1) is 11.3 Å². The lowest BCUT2D eigenvalue weighted by atomic mass is 9.73. The number of thiazole rings is 1. The van der Waals surface area contributed by atoms with Crippen molar-refractivity contribution in [2.75, 3.05) is 23.7 Å². The van der Waals surface area contributed by atoms with Crippen molar-refractivity contribution in [3.05, 3.63) is 46.7 Å². The first-order chi connectivity index (χ1) is 13.6. The lowest BCUT2D eigenvalue weighted by molar-refractivity contribution is 0.186. The molecule has 1 saturated heterocycles. The van der Waals surface area contributed by atoms with Crippen molar-refractivity contribution in [2.45, 2.75) is 35.4 Å². The van der Waals surface area contributed by atoms with Crippen molar-refractivity contribution in [1.29, 1.82) is 0 Å². The molecular formula is C19H21N7S2. The van der Waals surface area contributed by atoms with Gasteiger partial charge in [0.2, 0.25) is 0 Å². The van der Waals surface area contributed by atoms with E-state index in [1.54, 1.807) is 16.8 Å². The van der Waals surface area contributed by atoms with Crippen LogP contribution >= 0.6 is 23.1 Å². The maximum Gasteiger partial charge on any atom is 0.158 e. The van der Waals surface area contributed by atoms with Gasteiger partial charge in [-0.3, -0.25) is 4.98 Å². The van der Waals surface area contributed by atoms with Crippen LogP contribution in [-0.2, 0) is 6.42 Å². The van der Waals surface area contributed by atoms with Crippen LogP contribution in [0.3, 0.4) is 0 Å². The number of anilines is 2. The topological polar surface area (TPSA) is 107 Å². The second-order valence-electron chi connectivity index (χ2n) is 7.39. The van der Waals surface area contributed by atoms with Gasteiger partial charge in [-0.05, 0) is 48.1 Å². The highest BCUT2D eigenvalue weighted by atomic mass is 32.2. The van der Waals surface area contributed by atoms with E-state index in [4.69, 9.17) is 11.5 Å². The van der Waals surface area contributed by atoms with Crippen LogP contribution in [0.1, 0.15) is 30.1 Å². The molecule has 5 rings (SSSR count). The molecule has 1 aliphatic carbocycles. The molecule has 0 amide bonds. The van der Waals surface area contributed by atoms with E-state index in [0.717, 1.165) is 48.9 Å². The fraction of sp³-hybridized carbons (Fsp3) is 0.368. The van der Waals surface area contributed by atoms with Crippen LogP contribution in [0.2, 0.25) is 0 Å². The van der Waals surface area contributed by atoms with Crippen LogP contribution in [0, 0.1) is 5.41 Å². The second kappa shape index (κ2) is 6.98. The van der Waals surface area contributed by atoms with Gasteiger partial charge in [0, 0.05) is 36.4 Å². The Morgan fingerprint density at radius 3 is 2.79 bits per heavy atom. The molecule has 1 spiro atoms. The highest BCUT2D eigenvalue weighted by Crippen LogP contribution is 2.50. The van der Waals surface area contributed by atoms with Gasteiger partial charge in [0.25, 0.3) is 0 Å². The molecule has 0 bridgehead atoms. The summed E-state index contributed by atoms with van der Waals surface area (Å²) in [6.45, 7) is 1.79. The highest BCUT2D eigenvalue weighted by molar-refractivity contribution is 7.99. The first-order valence-corrected chi connectivity index (χ1v) is 11.0. The zero-order valence-corrected chi connectivity index (χ0v) is 16.9. The average Bonchev–Trinajstić information content (AvgIpc) is 3.32. The summed E-state index contributed by atoms with van der Waals surface area (Å²) in [7, 11) is 0. The zero-order valence-electron chi connectivity index (χ0n) is 15.3. The second-order valence-corrected chi connectivity index (χ2v) is 9.12. The third-order valence-electron chi connectivity index (χ3n) is 5.89. The van der Waals surface area contributed by atoms with Crippen molar-refractivity contribution >= 4 is 34.7 Å². The highest BCUT2D eigenvalue weighted by Gasteiger charge is 2.46. The van der Waals surface area contributed by atoms with Gasteiger partial charge in [0.05, 0.1) is 11.7 Å². The number of piperidine rings is 1. The summed E-state index contributed by atoms with van der Waals surface area (Å²) >= 11 is 2.99. The number of pyridine rings is 1. The number of hydrogen-bond acceptors (Lipinski definition) is 9. The minimum absolute atomic E-state index is 0.0615. The van der Waals surface area contributed by atoms with E-state index in [0.29, 0.717) is 10.8 Å². The van der Waals surface area contributed by atoms with E-state index in [1.807, 2.05) is 23.8 Å². The SMILES string of the molecule is Nc1nc(N2CCC3(CC2)Cc2ncccc2[C@H]3N)cnc1Sc1cscn1. The third kappa shape index (κ3) is 3.03. The Hall–Kier alpha value is -2.23. The number of nitrogen functional groups attached to an aromatic ring is 1. The molecule has 0 aromatic carbocycles. The molecule has 1 fully saturated rings. The molecule has 4 heterocycles. The van der Waals surface area contributed by atoms with Gasteiger partial charge in [-0.2, -0.15) is 0 Å². The molecule has 4 N–H and O–H groups in total. The first-order valence-electron chi connectivity index (χ1n) is 9.27. The van der Waals surface area contributed by atoms with Crippen LogP contribution < -0.4 is 16.4 Å². The molecule has 144 valence electrons. The maximum atomic E-state index is 6.63. The van der Waals surface area contributed by atoms with Crippen molar-refractivity contribution in [3.63, 3.8) is 0 Å². The van der Waals surface area contributed by atoms with E-state index < -0.39 is 0 Å². The predicted molar refractivity (Wildman–Crippen MR) is 111 cm³/mol. The van der Waals surface area contributed by atoms with Crippen LogP contribution in [0.15, 0.2) is 45.5 Å². The summed E-state index contributed by atoms with van der Waals surface area (Å²) in [5.41, 5.74) is 17.1.